The smallest absolute Gasteiger partial charge is 0.335 e. The zero-order valence-electron chi connectivity index (χ0n) is 15.1. The molecule has 0 radical (unpaired) electrons. The first-order valence-electron chi connectivity index (χ1n) is 8.83. The number of aryl methyl sites for hydroxylation is 1. The number of amides is 1. The number of carboxylic acids is 1. The van der Waals surface area contributed by atoms with Gasteiger partial charge < -0.3 is 10.0 Å². The highest BCUT2D eigenvalue weighted by Gasteiger charge is 2.48. The van der Waals surface area contributed by atoms with Gasteiger partial charge in [0.25, 0.3) is 0 Å². The third kappa shape index (κ3) is 3.01. The maximum Gasteiger partial charge on any atom is 0.335 e. The zero-order chi connectivity index (χ0) is 19.1. The highest BCUT2D eigenvalue weighted by molar-refractivity contribution is 7.89. The fraction of sp³-hybridized carbons (Fsp3) is 0.556. The van der Waals surface area contributed by atoms with E-state index in [2.05, 4.69) is 0 Å². The molecule has 1 amide bonds. The van der Waals surface area contributed by atoms with Crippen molar-refractivity contribution in [2.45, 2.75) is 37.5 Å². The minimum atomic E-state index is -3.79. The lowest BCUT2D eigenvalue weighted by molar-refractivity contribution is -0.136. The van der Waals surface area contributed by atoms with Crippen LogP contribution in [0.2, 0.25) is 0 Å². The highest BCUT2D eigenvalue weighted by Crippen LogP contribution is 2.42. The van der Waals surface area contributed by atoms with E-state index in [4.69, 9.17) is 0 Å². The second-order valence-corrected chi connectivity index (χ2v) is 9.05. The number of sulfonamides is 1. The molecule has 0 aromatic heterocycles. The number of hydrogen-bond donors (Lipinski definition) is 1. The van der Waals surface area contributed by atoms with Gasteiger partial charge in [-0.15, -0.1) is 0 Å². The number of likely N-dealkylation sites (tertiary alicyclic amines) is 1. The van der Waals surface area contributed by atoms with Gasteiger partial charge in [-0.1, -0.05) is 13.0 Å². The predicted molar refractivity (Wildman–Crippen MR) is 95.5 cm³/mol. The minimum absolute atomic E-state index is 0.0400. The van der Waals surface area contributed by atoms with Crippen molar-refractivity contribution in [3.8, 4) is 0 Å². The number of carbonyl (C=O) groups excluding carboxylic acids is 1. The van der Waals surface area contributed by atoms with Gasteiger partial charge >= 0.3 is 5.97 Å². The van der Waals surface area contributed by atoms with E-state index in [9.17, 15) is 23.1 Å². The van der Waals surface area contributed by atoms with Crippen LogP contribution in [0, 0.1) is 5.41 Å². The molecule has 7 nitrogen and oxygen atoms in total. The van der Waals surface area contributed by atoms with Crippen molar-refractivity contribution >= 4 is 21.9 Å². The van der Waals surface area contributed by atoms with Crippen LogP contribution in [-0.2, 0) is 21.2 Å². The van der Waals surface area contributed by atoms with Crippen molar-refractivity contribution in [3.05, 3.63) is 29.3 Å². The Hall–Kier alpha value is -1.93. The van der Waals surface area contributed by atoms with Crippen molar-refractivity contribution in [3.63, 3.8) is 0 Å². The van der Waals surface area contributed by atoms with Crippen molar-refractivity contribution in [1.82, 2.24) is 9.21 Å². The normalized spacial score (nSPS) is 20.7. The number of carboxylic acid groups (broad SMARTS) is 1. The summed E-state index contributed by atoms with van der Waals surface area (Å²) in [6.45, 7) is 3.12. The Balaban J connectivity index is 1.87. The van der Waals surface area contributed by atoms with Crippen LogP contribution in [0.15, 0.2) is 23.1 Å². The molecule has 142 valence electrons. The van der Waals surface area contributed by atoms with E-state index in [1.165, 1.54) is 16.4 Å². The van der Waals surface area contributed by atoms with Gasteiger partial charge in [-0.25, -0.2) is 13.2 Å². The molecule has 0 bridgehead atoms. The molecule has 1 aromatic carbocycles. The lowest BCUT2D eigenvalue weighted by Crippen LogP contribution is -2.46. The van der Waals surface area contributed by atoms with Crippen molar-refractivity contribution in [2.24, 2.45) is 5.41 Å². The maximum absolute atomic E-state index is 13.1. The second-order valence-electron chi connectivity index (χ2n) is 7.14. The number of piperidine rings is 1. The lowest BCUT2D eigenvalue weighted by Gasteiger charge is -2.37. The van der Waals surface area contributed by atoms with Gasteiger partial charge in [0, 0.05) is 26.7 Å². The summed E-state index contributed by atoms with van der Waals surface area (Å²) >= 11 is 0. The van der Waals surface area contributed by atoms with E-state index in [1.54, 1.807) is 18.0 Å². The quantitative estimate of drug-likeness (QED) is 0.856. The summed E-state index contributed by atoms with van der Waals surface area (Å²) in [5.74, 6) is -1.04. The maximum atomic E-state index is 13.1. The first-order chi connectivity index (χ1) is 12.2. The number of nitrogens with zero attached hydrogens (tertiary/aromatic N) is 2. The van der Waals surface area contributed by atoms with Gasteiger partial charge in [-0.3, -0.25) is 4.79 Å². The van der Waals surface area contributed by atoms with Crippen LogP contribution in [0.5, 0.6) is 0 Å². The molecule has 0 unspecified atom stereocenters. The molecule has 3 rings (SSSR count). The monoisotopic (exact) mass is 380 g/mol. The van der Waals surface area contributed by atoms with Crippen molar-refractivity contribution in [2.75, 3.05) is 26.7 Å². The van der Waals surface area contributed by atoms with Crippen LogP contribution in [0.3, 0.4) is 0 Å². The van der Waals surface area contributed by atoms with E-state index < -0.39 is 21.4 Å². The molecule has 2 saturated heterocycles. The Bertz CT molecular complexity index is 841. The Morgan fingerprint density at radius 3 is 2.31 bits per heavy atom. The largest absolute Gasteiger partial charge is 0.478 e. The van der Waals surface area contributed by atoms with E-state index in [0.717, 1.165) is 6.42 Å². The average Bonchev–Trinajstić information content (AvgIpc) is 2.90. The molecule has 1 spiro atoms. The second kappa shape index (κ2) is 6.66. The van der Waals surface area contributed by atoms with E-state index in [1.807, 2.05) is 6.92 Å². The van der Waals surface area contributed by atoms with Crippen molar-refractivity contribution < 1.29 is 23.1 Å². The molecule has 0 aliphatic carbocycles. The average molecular weight is 380 g/mol. The molecule has 2 aliphatic heterocycles. The van der Waals surface area contributed by atoms with Crippen LogP contribution in [0.4, 0.5) is 0 Å². The SMILES string of the molecule is CCc1ccc(C(=O)O)cc1S(=O)(=O)N1CCC2(CCN(C)C2=O)CC1. The predicted octanol–water partition coefficient (Wildman–Crippen LogP) is 1.58. The topological polar surface area (TPSA) is 95.0 Å². The molecular weight excluding hydrogens is 356 g/mol. The van der Waals surface area contributed by atoms with Crippen LogP contribution in [0.25, 0.3) is 0 Å². The summed E-state index contributed by atoms with van der Waals surface area (Å²) in [4.78, 5) is 25.4. The van der Waals surface area contributed by atoms with Gasteiger partial charge in [0.2, 0.25) is 15.9 Å². The number of aromatic carboxylic acids is 1. The van der Waals surface area contributed by atoms with E-state index in [0.29, 0.717) is 31.4 Å². The van der Waals surface area contributed by atoms with E-state index >= 15 is 0 Å². The third-order valence-electron chi connectivity index (χ3n) is 5.72. The van der Waals surface area contributed by atoms with Crippen molar-refractivity contribution in [1.29, 1.82) is 0 Å². The highest BCUT2D eigenvalue weighted by atomic mass is 32.2. The van der Waals surface area contributed by atoms with E-state index in [-0.39, 0.29) is 29.5 Å². The lowest BCUT2D eigenvalue weighted by atomic mass is 9.78. The Morgan fingerprint density at radius 1 is 1.19 bits per heavy atom. The number of carbonyl (C=O) groups is 2. The Labute approximate surface area is 153 Å². The fourth-order valence-electron chi connectivity index (χ4n) is 3.97. The molecule has 8 heteroatoms. The number of rotatable bonds is 4. The van der Waals surface area contributed by atoms with Crippen LogP contribution < -0.4 is 0 Å². The van der Waals surface area contributed by atoms with Gasteiger partial charge in [-0.2, -0.15) is 4.31 Å². The Kier molecular flexibility index (Phi) is 4.83. The molecule has 1 aromatic rings. The molecule has 0 saturated carbocycles. The van der Waals surface area contributed by atoms with Gasteiger partial charge in [-0.05, 0) is 43.4 Å². The molecule has 2 heterocycles. The molecule has 2 fully saturated rings. The van der Waals surface area contributed by atoms with Crippen LogP contribution >= 0.6 is 0 Å². The van der Waals surface area contributed by atoms with Crippen LogP contribution in [0.1, 0.15) is 42.1 Å². The van der Waals surface area contributed by atoms with Gasteiger partial charge in [0.1, 0.15) is 0 Å². The summed E-state index contributed by atoms with van der Waals surface area (Å²) in [6.07, 6.45) is 2.28. The molecule has 0 atom stereocenters. The van der Waals surface area contributed by atoms with Crippen LogP contribution in [-0.4, -0.2) is 61.3 Å². The van der Waals surface area contributed by atoms with Gasteiger partial charge in [0.05, 0.1) is 15.9 Å². The summed E-state index contributed by atoms with van der Waals surface area (Å²) in [6, 6.07) is 4.24. The minimum Gasteiger partial charge on any atom is -0.478 e. The summed E-state index contributed by atoms with van der Waals surface area (Å²) in [5.41, 5.74) is 0.130. The first kappa shape index (κ1) is 18.8. The number of benzene rings is 1. The standard InChI is InChI=1S/C18H24N2O5S/c1-3-13-4-5-14(16(21)22)12-15(13)26(24,25)20-10-7-18(8-11-20)6-9-19(2)17(18)23/h4-5,12H,3,6-11H2,1-2H3,(H,21,22). The fourth-order valence-corrected chi connectivity index (χ4v) is 5.73. The molecular formula is C18H24N2O5S. The summed E-state index contributed by atoms with van der Waals surface area (Å²) in [5, 5.41) is 9.19. The zero-order valence-corrected chi connectivity index (χ0v) is 15.9. The third-order valence-corrected chi connectivity index (χ3v) is 7.70. The van der Waals surface area contributed by atoms with Gasteiger partial charge in [0.15, 0.2) is 0 Å². The summed E-state index contributed by atoms with van der Waals surface area (Å²) < 4.78 is 27.6. The molecule has 2 aliphatic rings. The first-order valence-corrected chi connectivity index (χ1v) is 10.3. The number of hydrogen-bond acceptors (Lipinski definition) is 4. The molecule has 26 heavy (non-hydrogen) atoms. The Morgan fingerprint density at radius 2 is 1.81 bits per heavy atom. The molecule has 1 N–H and O–H groups in total. The summed E-state index contributed by atoms with van der Waals surface area (Å²) in [7, 11) is -2.01.